The topological polar surface area (TPSA) is 52.6 Å². The number of carbonyl (C=O) groups is 2. The Labute approximate surface area is 90.9 Å². The van der Waals surface area contributed by atoms with Crippen molar-refractivity contribution in [1.29, 1.82) is 0 Å². The highest BCUT2D eigenvalue weighted by atomic mass is 16.6. The van der Waals surface area contributed by atoms with Gasteiger partial charge in [-0.2, -0.15) is 0 Å². The van der Waals surface area contributed by atoms with Crippen molar-refractivity contribution >= 4 is 11.9 Å². The van der Waals surface area contributed by atoms with Gasteiger partial charge in [0.25, 0.3) is 0 Å². The van der Waals surface area contributed by atoms with Crippen LogP contribution in [0.2, 0.25) is 0 Å². The van der Waals surface area contributed by atoms with Crippen LogP contribution in [0, 0.1) is 0 Å². The second kappa shape index (κ2) is 8.26. The van der Waals surface area contributed by atoms with Gasteiger partial charge in [-0.3, -0.25) is 9.59 Å². The Kier molecular flexibility index (Phi) is 7.68. The minimum absolute atomic E-state index is 0.142. The summed E-state index contributed by atoms with van der Waals surface area (Å²) in [6, 6.07) is 0. The van der Waals surface area contributed by atoms with Crippen LogP contribution >= 0.6 is 0 Å². The van der Waals surface area contributed by atoms with E-state index in [0.29, 0.717) is 19.4 Å². The first-order valence-electron chi connectivity index (χ1n) is 5.43. The Morgan fingerprint density at radius 3 is 2.40 bits per heavy atom. The lowest BCUT2D eigenvalue weighted by molar-refractivity contribution is -0.149. The average Bonchev–Trinajstić information content (AvgIpc) is 2.16. The van der Waals surface area contributed by atoms with Crippen molar-refractivity contribution in [3.05, 3.63) is 0 Å². The molecule has 15 heavy (non-hydrogen) atoms. The van der Waals surface area contributed by atoms with Gasteiger partial charge in [0.15, 0.2) is 0 Å². The van der Waals surface area contributed by atoms with Crippen molar-refractivity contribution in [2.75, 3.05) is 6.61 Å². The first-order valence-corrected chi connectivity index (χ1v) is 5.43. The fraction of sp³-hybridized carbons (Fsp3) is 0.818. The summed E-state index contributed by atoms with van der Waals surface area (Å²) in [4.78, 5) is 21.7. The molecule has 0 saturated carbocycles. The van der Waals surface area contributed by atoms with Gasteiger partial charge in [-0.05, 0) is 12.8 Å². The Hall–Kier alpha value is -1.06. The molecule has 0 amide bonds. The fourth-order valence-corrected chi connectivity index (χ4v) is 1.16. The number of carbonyl (C=O) groups excluding carboxylic acids is 2. The van der Waals surface area contributed by atoms with Gasteiger partial charge in [-0.15, -0.1) is 0 Å². The molecular formula is C11H20O4. The number of ether oxygens (including phenoxy) is 2. The van der Waals surface area contributed by atoms with E-state index < -0.39 is 0 Å². The predicted octanol–water partition coefficient (Wildman–Crippen LogP) is 2.06. The molecule has 0 saturated heterocycles. The van der Waals surface area contributed by atoms with Crippen LogP contribution < -0.4 is 0 Å². The summed E-state index contributed by atoms with van der Waals surface area (Å²) < 4.78 is 9.98. The van der Waals surface area contributed by atoms with Crippen LogP contribution in [0.4, 0.5) is 0 Å². The van der Waals surface area contributed by atoms with Crippen molar-refractivity contribution in [2.45, 2.75) is 52.6 Å². The molecule has 4 nitrogen and oxygen atoms in total. The van der Waals surface area contributed by atoms with Gasteiger partial charge in [-0.1, -0.05) is 13.8 Å². The lowest BCUT2D eigenvalue weighted by Gasteiger charge is -2.14. The standard InChI is InChI=1S/C11H20O4/c1-4-6-11(13)14-8-7-10(5-2)15-9(3)12/h10H,4-8H2,1-3H3. The molecule has 0 aliphatic heterocycles. The summed E-state index contributed by atoms with van der Waals surface area (Å²) in [5, 5.41) is 0. The lowest BCUT2D eigenvalue weighted by atomic mass is 10.2. The largest absolute Gasteiger partial charge is 0.466 e. The molecule has 0 aromatic carbocycles. The Balaban J connectivity index is 3.62. The number of hydrogen-bond acceptors (Lipinski definition) is 4. The maximum atomic E-state index is 11.0. The van der Waals surface area contributed by atoms with Crippen LogP contribution in [0.15, 0.2) is 0 Å². The molecule has 4 heteroatoms. The van der Waals surface area contributed by atoms with Crippen molar-refractivity contribution < 1.29 is 19.1 Å². The minimum Gasteiger partial charge on any atom is -0.466 e. The monoisotopic (exact) mass is 216 g/mol. The molecule has 0 aliphatic rings. The SMILES string of the molecule is CCCC(=O)OCCC(CC)OC(C)=O. The maximum absolute atomic E-state index is 11.0. The number of hydrogen-bond donors (Lipinski definition) is 0. The van der Waals surface area contributed by atoms with E-state index in [1.165, 1.54) is 6.92 Å². The Morgan fingerprint density at radius 2 is 1.93 bits per heavy atom. The summed E-state index contributed by atoms with van der Waals surface area (Å²) in [6.45, 7) is 5.56. The van der Waals surface area contributed by atoms with Crippen LogP contribution in [-0.4, -0.2) is 24.6 Å². The second-order valence-corrected chi connectivity index (χ2v) is 3.40. The molecule has 0 N–H and O–H groups in total. The molecule has 0 spiro atoms. The highest BCUT2D eigenvalue weighted by Gasteiger charge is 2.10. The van der Waals surface area contributed by atoms with Crippen LogP contribution in [0.5, 0.6) is 0 Å². The lowest BCUT2D eigenvalue weighted by Crippen LogP contribution is -2.18. The Bertz CT molecular complexity index is 201. The first kappa shape index (κ1) is 13.9. The molecule has 0 heterocycles. The number of rotatable bonds is 7. The van der Waals surface area contributed by atoms with Gasteiger partial charge in [0.1, 0.15) is 6.10 Å². The third-order valence-corrected chi connectivity index (χ3v) is 1.94. The van der Waals surface area contributed by atoms with Crippen molar-refractivity contribution in [3.63, 3.8) is 0 Å². The molecule has 0 fully saturated rings. The van der Waals surface area contributed by atoms with E-state index in [1.54, 1.807) is 0 Å². The van der Waals surface area contributed by atoms with E-state index in [0.717, 1.165) is 12.8 Å². The molecule has 0 radical (unpaired) electrons. The zero-order valence-corrected chi connectivity index (χ0v) is 9.75. The molecule has 1 unspecified atom stereocenters. The first-order chi connectivity index (χ1) is 7.10. The molecule has 0 aromatic rings. The smallest absolute Gasteiger partial charge is 0.305 e. The molecule has 88 valence electrons. The maximum Gasteiger partial charge on any atom is 0.305 e. The van der Waals surface area contributed by atoms with Crippen LogP contribution in [0.3, 0.4) is 0 Å². The highest BCUT2D eigenvalue weighted by Crippen LogP contribution is 2.05. The molecule has 0 rings (SSSR count). The normalized spacial score (nSPS) is 11.9. The van der Waals surface area contributed by atoms with E-state index in [1.807, 2.05) is 13.8 Å². The van der Waals surface area contributed by atoms with E-state index in [4.69, 9.17) is 9.47 Å². The van der Waals surface area contributed by atoms with E-state index in [9.17, 15) is 9.59 Å². The van der Waals surface area contributed by atoms with Crippen LogP contribution in [0.25, 0.3) is 0 Å². The average molecular weight is 216 g/mol. The summed E-state index contributed by atoms with van der Waals surface area (Å²) >= 11 is 0. The molecule has 0 aliphatic carbocycles. The van der Waals surface area contributed by atoms with Crippen molar-refractivity contribution in [1.82, 2.24) is 0 Å². The van der Waals surface area contributed by atoms with Gasteiger partial charge in [0.05, 0.1) is 6.61 Å². The van der Waals surface area contributed by atoms with Gasteiger partial charge in [0, 0.05) is 19.8 Å². The quantitative estimate of drug-likeness (QED) is 0.611. The van der Waals surface area contributed by atoms with E-state index in [2.05, 4.69) is 0 Å². The van der Waals surface area contributed by atoms with Crippen molar-refractivity contribution in [3.8, 4) is 0 Å². The second-order valence-electron chi connectivity index (χ2n) is 3.40. The summed E-state index contributed by atoms with van der Waals surface area (Å²) in [5.41, 5.74) is 0. The molecule has 0 bridgehead atoms. The van der Waals surface area contributed by atoms with Gasteiger partial charge < -0.3 is 9.47 Å². The zero-order chi connectivity index (χ0) is 11.7. The predicted molar refractivity (Wildman–Crippen MR) is 56.3 cm³/mol. The van der Waals surface area contributed by atoms with Crippen molar-refractivity contribution in [2.24, 2.45) is 0 Å². The van der Waals surface area contributed by atoms with E-state index in [-0.39, 0.29) is 18.0 Å². The molecule has 1 atom stereocenters. The highest BCUT2D eigenvalue weighted by molar-refractivity contribution is 5.69. The van der Waals surface area contributed by atoms with E-state index >= 15 is 0 Å². The molecule has 0 aromatic heterocycles. The van der Waals surface area contributed by atoms with Crippen LogP contribution in [0.1, 0.15) is 46.5 Å². The number of esters is 2. The summed E-state index contributed by atoms with van der Waals surface area (Å²) in [7, 11) is 0. The third-order valence-electron chi connectivity index (χ3n) is 1.94. The van der Waals surface area contributed by atoms with Gasteiger partial charge >= 0.3 is 11.9 Å². The third kappa shape index (κ3) is 7.97. The fourth-order valence-electron chi connectivity index (χ4n) is 1.16. The Morgan fingerprint density at radius 1 is 1.27 bits per heavy atom. The minimum atomic E-state index is -0.290. The van der Waals surface area contributed by atoms with Crippen LogP contribution in [-0.2, 0) is 19.1 Å². The zero-order valence-electron chi connectivity index (χ0n) is 9.75. The molecular weight excluding hydrogens is 196 g/mol. The van der Waals surface area contributed by atoms with Gasteiger partial charge in [-0.25, -0.2) is 0 Å². The van der Waals surface area contributed by atoms with Gasteiger partial charge in [0.2, 0.25) is 0 Å². The summed E-state index contributed by atoms with van der Waals surface area (Å²) in [6.07, 6.45) is 2.41. The summed E-state index contributed by atoms with van der Waals surface area (Å²) in [5.74, 6) is -0.475.